The summed E-state index contributed by atoms with van der Waals surface area (Å²) in [6, 6.07) is 8.86. The van der Waals surface area contributed by atoms with Crippen molar-refractivity contribution in [2.24, 2.45) is 0 Å². The molecule has 1 aliphatic heterocycles. The number of hydrogen-bond donors (Lipinski definition) is 0. The van der Waals surface area contributed by atoms with Crippen LogP contribution in [-0.4, -0.2) is 0 Å². The van der Waals surface area contributed by atoms with Gasteiger partial charge in [0, 0.05) is 28.2 Å². The fraction of sp³-hybridized carbons (Fsp3) is 0.600. The van der Waals surface area contributed by atoms with Crippen molar-refractivity contribution in [3.8, 4) is 11.5 Å². The Kier molecular flexibility index (Phi) is 6.76. The first-order chi connectivity index (χ1) is 15.2. The molecule has 0 aromatic heterocycles. The summed E-state index contributed by atoms with van der Waals surface area (Å²) in [4.78, 5) is 0. The normalized spacial score (nSPS) is 19.4. The number of benzene rings is 2. The lowest BCUT2D eigenvalue weighted by Gasteiger charge is -2.35. The predicted octanol–water partition coefficient (Wildman–Crippen LogP) is 10.00. The van der Waals surface area contributed by atoms with E-state index >= 15 is 4.20 Å². The lowest BCUT2D eigenvalue weighted by molar-refractivity contribution is 0.405. The van der Waals surface area contributed by atoms with E-state index in [-0.39, 0.29) is 27.6 Å². The van der Waals surface area contributed by atoms with Crippen LogP contribution in [0, 0.1) is 0 Å². The Labute approximate surface area is 208 Å². The summed E-state index contributed by atoms with van der Waals surface area (Å²) in [5, 5.41) is 0. The van der Waals surface area contributed by atoms with E-state index in [2.05, 4.69) is 114 Å². The lowest BCUT2D eigenvalue weighted by Crippen LogP contribution is -2.22. The van der Waals surface area contributed by atoms with E-state index in [1.165, 1.54) is 11.1 Å². The largest absolute Gasteiger partial charge is 0.505 e. The van der Waals surface area contributed by atoms with E-state index in [1.54, 1.807) is 0 Å². The minimum absolute atomic E-state index is 0.0134. The second-order valence-corrected chi connectivity index (χ2v) is 14.8. The van der Waals surface area contributed by atoms with Gasteiger partial charge < -0.3 is 9.05 Å². The molecule has 0 spiro atoms. The maximum atomic E-state index is 15.5. The Morgan fingerprint density at radius 3 is 1.18 bits per heavy atom. The van der Waals surface area contributed by atoms with Crippen molar-refractivity contribution in [3.63, 3.8) is 0 Å². The van der Waals surface area contributed by atoms with Crippen LogP contribution in [0.15, 0.2) is 24.3 Å². The maximum absolute atomic E-state index is 15.5. The van der Waals surface area contributed by atoms with Gasteiger partial charge >= 0.3 is 8.69 Å². The molecular weight excluding hydrogens is 441 g/mol. The van der Waals surface area contributed by atoms with E-state index in [1.807, 2.05) is 0 Å². The Morgan fingerprint density at radius 2 is 0.912 bits per heavy atom. The second kappa shape index (κ2) is 8.51. The molecule has 0 radical (unpaired) electrons. The summed E-state index contributed by atoms with van der Waals surface area (Å²) in [6.07, 6.45) is 0. The molecule has 0 N–H and O–H groups in total. The highest BCUT2D eigenvalue weighted by molar-refractivity contribution is 7.42. The fourth-order valence-corrected chi connectivity index (χ4v) is 5.19. The topological polar surface area (TPSA) is 18.5 Å². The molecule has 0 bridgehead atoms. The molecule has 4 heteroatoms. The highest BCUT2D eigenvalue weighted by Gasteiger charge is 2.36. The molecule has 3 rings (SSSR count). The van der Waals surface area contributed by atoms with Crippen LogP contribution in [0.1, 0.15) is 129 Å². The van der Waals surface area contributed by atoms with Crippen LogP contribution in [0.4, 0.5) is 4.20 Å². The van der Waals surface area contributed by atoms with Crippen molar-refractivity contribution in [2.75, 3.05) is 0 Å². The highest BCUT2D eigenvalue weighted by atomic mass is 31.2. The van der Waals surface area contributed by atoms with Crippen molar-refractivity contribution < 1.29 is 13.2 Å². The monoisotopic (exact) mass is 485 g/mol. The van der Waals surface area contributed by atoms with Gasteiger partial charge in [-0.3, -0.25) is 0 Å². The number of rotatable bonds is 0. The number of fused-ring (bicyclic) bond motifs is 2. The quantitative estimate of drug-likeness (QED) is 0.346. The summed E-state index contributed by atoms with van der Waals surface area (Å²) in [5.74, 6) is 1.27. The zero-order valence-corrected chi connectivity index (χ0v) is 24.4. The minimum Gasteiger partial charge on any atom is -0.414 e. The van der Waals surface area contributed by atoms with Gasteiger partial charge in [-0.05, 0) is 32.8 Å². The maximum Gasteiger partial charge on any atom is 0.505 e. The Morgan fingerprint density at radius 1 is 0.588 bits per heavy atom. The van der Waals surface area contributed by atoms with Crippen LogP contribution in [0.5, 0.6) is 11.5 Å². The molecular formula is C30H44FO2P. The smallest absolute Gasteiger partial charge is 0.414 e. The minimum atomic E-state index is -2.63. The van der Waals surface area contributed by atoms with Crippen molar-refractivity contribution in [1.82, 2.24) is 0 Å². The van der Waals surface area contributed by atoms with Gasteiger partial charge in [-0.2, -0.15) is 0 Å². The summed E-state index contributed by atoms with van der Waals surface area (Å²) < 4.78 is 27.6. The van der Waals surface area contributed by atoms with Gasteiger partial charge in [0.1, 0.15) is 11.5 Å². The molecule has 0 saturated carbocycles. The molecule has 1 heterocycles. The molecule has 188 valence electrons. The molecule has 0 unspecified atom stereocenters. The van der Waals surface area contributed by atoms with Crippen LogP contribution in [-0.2, 0) is 21.7 Å². The molecule has 1 aliphatic rings. The number of halogens is 1. The molecule has 0 saturated heterocycles. The lowest BCUT2D eigenvalue weighted by atomic mass is 9.74. The first-order valence-corrected chi connectivity index (χ1v) is 13.5. The second-order valence-electron chi connectivity index (χ2n) is 14.0. The van der Waals surface area contributed by atoms with Crippen LogP contribution in [0.25, 0.3) is 0 Å². The highest BCUT2D eigenvalue weighted by Crippen LogP contribution is 2.55. The average Bonchev–Trinajstić information content (AvgIpc) is 2.63. The van der Waals surface area contributed by atoms with Crippen LogP contribution in [0.2, 0.25) is 0 Å². The Bertz CT molecular complexity index is 990. The van der Waals surface area contributed by atoms with Crippen molar-refractivity contribution in [1.29, 1.82) is 0 Å². The fourth-order valence-electron chi connectivity index (χ4n) is 4.46. The number of hydrogen-bond acceptors (Lipinski definition) is 2. The zero-order chi connectivity index (χ0) is 26.0. The average molecular weight is 486 g/mol. The Hall–Kier alpha value is -1.60. The molecule has 2 nitrogen and oxygen atoms in total. The SMILES string of the molecule is CC1c2cc(C(C)(C)C)cc(C(C)(C)C)c2OP([18F])Oc2c1cc(C(C)(C)C)cc2C(C)(C)C. The van der Waals surface area contributed by atoms with E-state index in [0.29, 0.717) is 11.5 Å². The van der Waals surface area contributed by atoms with Crippen LogP contribution in [0.3, 0.4) is 0 Å². The summed E-state index contributed by atoms with van der Waals surface area (Å²) in [7, 11) is -2.63. The Balaban J connectivity index is 2.44. The van der Waals surface area contributed by atoms with Gasteiger partial charge in [-0.15, -0.1) is 4.20 Å². The molecule has 0 amide bonds. The van der Waals surface area contributed by atoms with Crippen LogP contribution < -0.4 is 9.05 Å². The van der Waals surface area contributed by atoms with Gasteiger partial charge in [0.15, 0.2) is 0 Å². The van der Waals surface area contributed by atoms with Crippen molar-refractivity contribution in [2.45, 2.75) is 118 Å². The molecule has 34 heavy (non-hydrogen) atoms. The third-order valence-electron chi connectivity index (χ3n) is 6.84. The van der Waals surface area contributed by atoms with Gasteiger partial charge in [0.2, 0.25) is 0 Å². The summed E-state index contributed by atoms with van der Waals surface area (Å²) in [6.45, 7) is 28.5. The first kappa shape index (κ1) is 27.0. The molecule has 2 aromatic carbocycles. The predicted molar refractivity (Wildman–Crippen MR) is 144 cm³/mol. The van der Waals surface area contributed by atoms with E-state index < -0.39 is 8.69 Å². The van der Waals surface area contributed by atoms with Gasteiger partial charge in [-0.1, -0.05) is 114 Å². The van der Waals surface area contributed by atoms with Gasteiger partial charge in [-0.25, -0.2) is 0 Å². The first-order valence-electron chi connectivity index (χ1n) is 12.4. The van der Waals surface area contributed by atoms with Crippen LogP contribution >= 0.6 is 8.69 Å². The van der Waals surface area contributed by atoms with E-state index in [4.69, 9.17) is 9.05 Å². The van der Waals surface area contributed by atoms with Crippen molar-refractivity contribution >= 4 is 8.69 Å². The molecule has 0 atom stereocenters. The molecule has 0 fully saturated rings. The zero-order valence-electron chi connectivity index (χ0n) is 23.5. The van der Waals surface area contributed by atoms with E-state index in [9.17, 15) is 0 Å². The summed E-state index contributed by atoms with van der Waals surface area (Å²) in [5.41, 5.74) is 6.13. The van der Waals surface area contributed by atoms with Gasteiger partial charge in [0.05, 0.1) is 0 Å². The standard InChI is InChI=1S/C30H44FO2P/c1-18-21-14-19(27(2,3)4)16-23(29(8,9)10)25(21)32-34(31)33-26-22(18)15-20(28(5,6)7)17-24(26)30(11,12)13/h14-18H,1-13H3/i31-1. The summed E-state index contributed by atoms with van der Waals surface area (Å²) >= 11 is 0. The van der Waals surface area contributed by atoms with E-state index in [0.717, 1.165) is 22.3 Å². The van der Waals surface area contributed by atoms with Crippen molar-refractivity contribution in [3.05, 3.63) is 57.6 Å². The third kappa shape index (κ3) is 5.30. The third-order valence-corrected chi connectivity index (χ3v) is 7.49. The molecule has 2 aromatic rings. The van der Waals surface area contributed by atoms with Gasteiger partial charge in [0.25, 0.3) is 0 Å². The molecule has 0 aliphatic carbocycles.